The van der Waals surface area contributed by atoms with Crippen molar-refractivity contribution in [3.05, 3.63) is 57.1 Å². The topological polar surface area (TPSA) is 79.3 Å². The molecule has 4 rings (SSSR count). The molecule has 3 aromatic rings. The van der Waals surface area contributed by atoms with Crippen molar-refractivity contribution in [3.8, 4) is 11.3 Å². The maximum absolute atomic E-state index is 13.8. The minimum atomic E-state index is -4.91. The van der Waals surface area contributed by atoms with Crippen molar-refractivity contribution in [3.63, 3.8) is 0 Å². The number of aromatic nitrogens is 3. The third-order valence-electron chi connectivity index (χ3n) is 5.63. The molecule has 2 aromatic heterocycles. The summed E-state index contributed by atoms with van der Waals surface area (Å²) in [5, 5.41) is 6.45. The summed E-state index contributed by atoms with van der Waals surface area (Å²) in [6, 6.07) is 5.19. The first-order chi connectivity index (χ1) is 14.1. The van der Waals surface area contributed by atoms with Gasteiger partial charge in [-0.1, -0.05) is 12.1 Å². The van der Waals surface area contributed by atoms with Gasteiger partial charge in [-0.3, -0.25) is 9.59 Å². The van der Waals surface area contributed by atoms with Crippen LogP contribution in [0.1, 0.15) is 46.9 Å². The zero-order valence-electron chi connectivity index (χ0n) is 16.7. The summed E-state index contributed by atoms with van der Waals surface area (Å²) in [7, 11) is 0. The molecule has 0 radical (unpaired) electrons. The normalized spacial score (nSPS) is 15.4. The molecule has 1 saturated carbocycles. The molecular formula is C21H21F3N4O2. The zero-order valence-corrected chi connectivity index (χ0v) is 16.7. The first-order valence-corrected chi connectivity index (χ1v) is 9.67. The molecule has 6 nitrogen and oxygen atoms in total. The minimum absolute atomic E-state index is 0.257. The minimum Gasteiger partial charge on any atom is -0.348 e. The van der Waals surface area contributed by atoms with Gasteiger partial charge in [-0.15, -0.1) is 0 Å². The van der Waals surface area contributed by atoms with E-state index in [9.17, 15) is 22.8 Å². The number of halogens is 3. The molecule has 1 aliphatic rings. The van der Waals surface area contributed by atoms with E-state index in [0.717, 1.165) is 28.5 Å². The van der Waals surface area contributed by atoms with Crippen LogP contribution in [-0.4, -0.2) is 26.5 Å². The van der Waals surface area contributed by atoms with Crippen LogP contribution in [0, 0.1) is 19.8 Å². The van der Waals surface area contributed by atoms with Crippen LogP contribution in [0.5, 0.6) is 0 Å². The predicted octanol–water partition coefficient (Wildman–Crippen LogP) is 3.85. The number of aromatic amines is 1. The lowest BCUT2D eigenvalue weighted by Crippen LogP contribution is -2.35. The highest BCUT2D eigenvalue weighted by Gasteiger charge is 2.42. The Kier molecular flexibility index (Phi) is 4.71. The van der Waals surface area contributed by atoms with Gasteiger partial charge in [0.25, 0.3) is 11.5 Å². The van der Waals surface area contributed by atoms with E-state index >= 15 is 0 Å². The Morgan fingerprint density at radius 1 is 1.27 bits per heavy atom. The van der Waals surface area contributed by atoms with Crippen LogP contribution in [0.2, 0.25) is 0 Å². The van der Waals surface area contributed by atoms with Gasteiger partial charge in [-0.2, -0.15) is 18.3 Å². The van der Waals surface area contributed by atoms with E-state index in [0.29, 0.717) is 11.3 Å². The van der Waals surface area contributed by atoms with Crippen molar-refractivity contribution in [1.82, 2.24) is 19.9 Å². The highest BCUT2D eigenvalue weighted by molar-refractivity contribution is 5.96. The maximum atomic E-state index is 13.8. The lowest BCUT2D eigenvalue weighted by Gasteiger charge is -2.13. The molecule has 0 bridgehead atoms. The third kappa shape index (κ3) is 3.59. The smallest absolute Gasteiger partial charge is 0.348 e. The molecule has 1 aromatic carbocycles. The number of carbonyl (C=O) groups excluding carboxylic acids is 1. The number of H-pyrrole nitrogens is 1. The number of fused-ring (bicyclic) bond motifs is 1. The van der Waals surface area contributed by atoms with Gasteiger partial charge < -0.3 is 10.3 Å². The molecule has 0 aliphatic heterocycles. The molecule has 0 spiro atoms. The van der Waals surface area contributed by atoms with E-state index in [1.807, 2.05) is 26.0 Å². The van der Waals surface area contributed by atoms with Gasteiger partial charge in [-0.25, -0.2) is 4.52 Å². The molecule has 9 heteroatoms. The highest BCUT2D eigenvalue weighted by Crippen LogP contribution is 2.36. The first kappa shape index (κ1) is 20.2. The Morgan fingerprint density at radius 3 is 2.57 bits per heavy atom. The molecule has 158 valence electrons. The van der Waals surface area contributed by atoms with Gasteiger partial charge in [-0.05, 0) is 62.3 Å². The molecule has 1 atom stereocenters. The van der Waals surface area contributed by atoms with Gasteiger partial charge in [0, 0.05) is 6.04 Å². The number of hydrogen-bond acceptors (Lipinski definition) is 3. The average Bonchev–Trinajstić information content (AvgIpc) is 3.42. The number of nitrogens with zero attached hydrogens (tertiary/aromatic N) is 2. The summed E-state index contributed by atoms with van der Waals surface area (Å²) < 4.78 is 42.2. The van der Waals surface area contributed by atoms with Crippen molar-refractivity contribution in [1.29, 1.82) is 0 Å². The van der Waals surface area contributed by atoms with E-state index in [1.165, 1.54) is 6.20 Å². The number of nitrogens with one attached hydrogen (secondary N) is 2. The van der Waals surface area contributed by atoms with Crippen LogP contribution in [0.4, 0.5) is 13.2 Å². The molecule has 2 heterocycles. The molecule has 0 saturated heterocycles. The van der Waals surface area contributed by atoms with Crippen molar-refractivity contribution >= 4 is 11.4 Å². The monoisotopic (exact) mass is 418 g/mol. The van der Waals surface area contributed by atoms with Gasteiger partial charge in [0.05, 0.1) is 11.9 Å². The van der Waals surface area contributed by atoms with Gasteiger partial charge in [0.15, 0.2) is 5.69 Å². The van der Waals surface area contributed by atoms with Crippen LogP contribution in [0.3, 0.4) is 0 Å². The van der Waals surface area contributed by atoms with E-state index in [-0.39, 0.29) is 12.0 Å². The Labute approximate surface area is 170 Å². The third-order valence-corrected chi connectivity index (χ3v) is 5.63. The Balaban J connectivity index is 1.86. The summed E-state index contributed by atoms with van der Waals surface area (Å²) in [5.41, 5.74) is -0.809. The van der Waals surface area contributed by atoms with E-state index in [2.05, 4.69) is 15.4 Å². The molecule has 1 amide bonds. The summed E-state index contributed by atoms with van der Waals surface area (Å²) in [4.78, 5) is 27.7. The van der Waals surface area contributed by atoms with Gasteiger partial charge in [0.1, 0.15) is 11.1 Å². The largest absolute Gasteiger partial charge is 0.421 e. The Bertz CT molecular complexity index is 1210. The first-order valence-electron chi connectivity index (χ1n) is 9.67. The quantitative estimate of drug-likeness (QED) is 0.676. The number of alkyl halides is 3. The van der Waals surface area contributed by atoms with Crippen molar-refractivity contribution in [2.45, 2.75) is 45.8 Å². The van der Waals surface area contributed by atoms with Gasteiger partial charge in [0.2, 0.25) is 0 Å². The second-order valence-electron chi connectivity index (χ2n) is 7.91. The zero-order chi connectivity index (χ0) is 21.8. The number of aryl methyl sites for hydroxylation is 2. The number of amides is 1. The predicted molar refractivity (Wildman–Crippen MR) is 105 cm³/mol. The molecular weight excluding hydrogens is 397 g/mol. The highest BCUT2D eigenvalue weighted by atomic mass is 19.4. The lowest BCUT2D eigenvalue weighted by atomic mass is 10.0. The molecule has 2 N–H and O–H groups in total. The molecule has 1 fully saturated rings. The van der Waals surface area contributed by atoms with E-state index in [4.69, 9.17) is 0 Å². The van der Waals surface area contributed by atoms with E-state index < -0.39 is 34.4 Å². The fourth-order valence-corrected chi connectivity index (χ4v) is 3.55. The standard InChI is InChI=1S/C21H21F3N4O2/c1-10-4-5-14(8-11(10)2)15-9-28-18(20(30)26-15)16(21(22,23)24)17(27-28)19(29)25-12(3)13-6-7-13/h4-5,8-9,12-13H,6-7H2,1-3H3,(H,25,29)(H,26,30)/t12-/m1/s1. The fraction of sp³-hybridized carbons (Fsp3) is 0.381. The van der Waals surface area contributed by atoms with Crippen LogP contribution >= 0.6 is 0 Å². The Hall–Kier alpha value is -3.10. The average molecular weight is 418 g/mol. The molecule has 30 heavy (non-hydrogen) atoms. The number of carbonyl (C=O) groups is 1. The summed E-state index contributed by atoms with van der Waals surface area (Å²) >= 11 is 0. The van der Waals surface area contributed by atoms with Crippen LogP contribution < -0.4 is 10.9 Å². The van der Waals surface area contributed by atoms with Gasteiger partial charge >= 0.3 is 6.18 Å². The maximum Gasteiger partial charge on any atom is 0.421 e. The SMILES string of the molecule is Cc1ccc(-c2cn3nc(C(=O)N[C@H](C)C4CC4)c(C(F)(F)F)c3c(=O)[nH]2)cc1C. The number of benzene rings is 1. The van der Waals surface area contributed by atoms with E-state index in [1.54, 1.807) is 13.0 Å². The Morgan fingerprint density at radius 2 is 1.97 bits per heavy atom. The van der Waals surface area contributed by atoms with Crippen LogP contribution in [0.25, 0.3) is 16.8 Å². The number of rotatable bonds is 4. The lowest BCUT2D eigenvalue weighted by molar-refractivity contribution is -0.136. The summed E-state index contributed by atoms with van der Waals surface area (Å²) in [6.07, 6.45) is -1.75. The summed E-state index contributed by atoms with van der Waals surface area (Å²) in [5.74, 6) is -0.669. The molecule has 0 unspecified atom stereocenters. The molecule has 1 aliphatic carbocycles. The van der Waals surface area contributed by atoms with Crippen molar-refractivity contribution in [2.75, 3.05) is 0 Å². The fourth-order valence-electron chi connectivity index (χ4n) is 3.55. The summed E-state index contributed by atoms with van der Waals surface area (Å²) in [6.45, 7) is 5.58. The second kappa shape index (κ2) is 7.00. The van der Waals surface area contributed by atoms with Crippen LogP contribution in [-0.2, 0) is 6.18 Å². The van der Waals surface area contributed by atoms with Crippen molar-refractivity contribution in [2.24, 2.45) is 5.92 Å². The second-order valence-corrected chi connectivity index (χ2v) is 7.91. The van der Waals surface area contributed by atoms with Crippen molar-refractivity contribution < 1.29 is 18.0 Å². The van der Waals surface area contributed by atoms with Crippen LogP contribution in [0.15, 0.2) is 29.2 Å². The number of hydrogen-bond donors (Lipinski definition) is 2.